The number of hydrogen-bond donors (Lipinski definition) is 3. The number of methoxy groups -OCH3 is 1. The summed E-state index contributed by atoms with van der Waals surface area (Å²) in [5.74, 6) is 0.254. The van der Waals surface area contributed by atoms with Crippen LogP contribution < -0.4 is 10.6 Å². The monoisotopic (exact) mass is 635 g/mol. The highest BCUT2D eigenvalue weighted by molar-refractivity contribution is 5.94. The van der Waals surface area contributed by atoms with E-state index in [1.807, 2.05) is 42.5 Å². The third-order valence-electron chi connectivity index (χ3n) is 8.85. The minimum Gasteiger partial charge on any atom is -0.453 e. The van der Waals surface area contributed by atoms with E-state index >= 15 is 0 Å². The first-order valence-corrected chi connectivity index (χ1v) is 15.8. The van der Waals surface area contributed by atoms with Gasteiger partial charge in [-0.1, -0.05) is 48.5 Å². The van der Waals surface area contributed by atoms with Crippen LogP contribution in [0.2, 0.25) is 0 Å². The largest absolute Gasteiger partial charge is 0.453 e. The Balaban J connectivity index is 1.11. The number of carbonyl (C=O) groups is 4. The van der Waals surface area contributed by atoms with Crippen LogP contribution in [0.3, 0.4) is 0 Å². The molecule has 0 radical (unpaired) electrons. The van der Waals surface area contributed by atoms with Crippen molar-refractivity contribution in [1.29, 1.82) is 0 Å². The number of imidazole rings is 1. The van der Waals surface area contributed by atoms with Crippen LogP contribution in [-0.2, 0) is 14.3 Å². The standard InChI is InChI=1S/C35H37N7O5/c1-47-35(46)40-31(24-7-3-2-4-8-24)34(45)42-18-6-10-30(42)32-37-21-29(39-32)28-16-15-26(19-36-28)23-11-13-25(14-12-23)33(44)38-20-27-9-5-17-41(27)22-43/h2-4,7-8,11-16,19,21-22,27,30-31H,5-6,9-10,17-18,20H2,1H3,(H,37,39)(H,38,44)(H,40,46). The maximum Gasteiger partial charge on any atom is 0.407 e. The minimum absolute atomic E-state index is 0.0492. The number of H-pyrrole nitrogens is 1. The molecule has 2 aliphatic rings. The van der Waals surface area contributed by atoms with Gasteiger partial charge in [0, 0.05) is 43.0 Å². The number of ether oxygens (including phenoxy) is 1. The fourth-order valence-electron chi connectivity index (χ4n) is 6.29. The van der Waals surface area contributed by atoms with Gasteiger partial charge in [-0.05, 0) is 55.0 Å². The Bertz CT molecular complexity index is 1710. The van der Waals surface area contributed by atoms with Crippen LogP contribution in [-0.4, -0.2) is 81.9 Å². The predicted octanol–water partition coefficient (Wildman–Crippen LogP) is 4.25. The molecule has 4 heterocycles. The molecule has 6 rings (SSSR count). The number of pyridine rings is 1. The van der Waals surface area contributed by atoms with Crippen molar-refractivity contribution >= 4 is 24.3 Å². The van der Waals surface area contributed by atoms with Crippen molar-refractivity contribution in [2.45, 2.75) is 43.8 Å². The summed E-state index contributed by atoms with van der Waals surface area (Å²) in [6, 6.07) is 19.2. The number of amides is 4. The average Bonchev–Trinajstić information content (AvgIpc) is 3.91. The van der Waals surface area contributed by atoms with E-state index in [9.17, 15) is 19.2 Å². The van der Waals surface area contributed by atoms with Gasteiger partial charge in [0.1, 0.15) is 11.9 Å². The first-order valence-electron chi connectivity index (χ1n) is 15.8. The van der Waals surface area contributed by atoms with Gasteiger partial charge in [0.25, 0.3) is 11.8 Å². The second kappa shape index (κ2) is 14.3. The molecule has 2 saturated heterocycles. The third kappa shape index (κ3) is 7.01. The van der Waals surface area contributed by atoms with Crippen LogP contribution >= 0.6 is 0 Å². The summed E-state index contributed by atoms with van der Waals surface area (Å²) in [6.07, 6.45) is 7.05. The summed E-state index contributed by atoms with van der Waals surface area (Å²) < 4.78 is 4.79. The van der Waals surface area contributed by atoms with Crippen LogP contribution in [0.15, 0.2) is 79.1 Å². The summed E-state index contributed by atoms with van der Waals surface area (Å²) in [4.78, 5) is 65.8. The average molecular weight is 636 g/mol. The van der Waals surface area contributed by atoms with Gasteiger partial charge < -0.3 is 30.2 Å². The lowest BCUT2D eigenvalue weighted by molar-refractivity contribution is -0.134. The van der Waals surface area contributed by atoms with Crippen LogP contribution in [0, 0.1) is 0 Å². The molecule has 0 saturated carbocycles. The summed E-state index contributed by atoms with van der Waals surface area (Å²) in [5, 5.41) is 5.62. The molecule has 0 bridgehead atoms. The number of alkyl carbamates (subject to hydrolysis) is 1. The maximum atomic E-state index is 13.8. The third-order valence-corrected chi connectivity index (χ3v) is 8.85. The fraction of sp³-hybridized carbons (Fsp3) is 0.314. The molecule has 4 amide bonds. The zero-order valence-corrected chi connectivity index (χ0v) is 26.1. The number of nitrogens with one attached hydrogen (secondary N) is 3. The van der Waals surface area contributed by atoms with Crippen molar-refractivity contribution in [2.75, 3.05) is 26.7 Å². The van der Waals surface area contributed by atoms with Crippen molar-refractivity contribution in [1.82, 2.24) is 35.4 Å². The van der Waals surface area contributed by atoms with Gasteiger partial charge in [-0.15, -0.1) is 0 Å². The lowest BCUT2D eigenvalue weighted by Crippen LogP contribution is -2.42. The van der Waals surface area contributed by atoms with E-state index in [4.69, 9.17) is 4.74 Å². The van der Waals surface area contributed by atoms with Gasteiger partial charge >= 0.3 is 6.09 Å². The Kier molecular flexibility index (Phi) is 9.56. The van der Waals surface area contributed by atoms with E-state index in [0.29, 0.717) is 35.7 Å². The molecule has 12 nitrogen and oxygen atoms in total. The topological polar surface area (TPSA) is 150 Å². The summed E-state index contributed by atoms with van der Waals surface area (Å²) in [7, 11) is 1.27. The van der Waals surface area contributed by atoms with Crippen molar-refractivity contribution in [3.8, 4) is 22.5 Å². The normalized spacial score (nSPS) is 18.1. The number of hydrogen-bond acceptors (Lipinski definition) is 7. The highest BCUT2D eigenvalue weighted by Crippen LogP contribution is 2.34. The second-order valence-electron chi connectivity index (χ2n) is 11.7. The minimum atomic E-state index is -0.886. The van der Waals surface area contributed by atoms with Gasteiger partial charge in [-0.25, -0.2) is 9.78 Å². The SMILES string of the molecule is COC(=O)NC(C(=O)N1CCCC1c1ncc(-c2ccc(-c3ccc(C(=O)NCC4CCCN4C=O)cc3)cn2)[nH]1)c1ccccc1. The van der Waals surface area contributed by atoms with Crippen molar-refractivity contribution in [3.63, 3.8) is 0 Å². The van der Waals surface area contributed by atoms with E-state index in [1.165, 1.54) is 7.11 Å². The zero-order valence-electron chi connectivity index (χ0n) is 26.1. The quantitative estimate of drug-likeness (QED) is 0.221. The van der Waals surface area contributed by atoms with Crippen molar-refractivity contribution in [3.05, 3.63) is 96.1 Å². The molecule has 3 unspecified atom stereocenters. The van der Waals surface area contributed by atoms with Crippen LogP contribution in [0.4, 0.5) is 4.79 Å². The highest BCUT2D eigenvalue weighted by atomic mass is 16.5. The summed E-state index contributed by atoms with van der Waals surface area (Å²) in [6.45, 7) is 1.72. The Labute approximate surface area is 272 Å². The fourth-order valence-corrected chi connectivity index (χ4v) is 6.29. The van der Waals surface area contributed by atoms with Crippen LogP contribution in [0.5, 0.6) is 0 Å². The molecule has 2 aromatic heterocycles. The van der Waals surface area contributed by atoms with Crippen molar-refractivity contribution < 1.29 is 23.9 Å². The summed E-state index contributed by atoms with van der Waals surface area (Å²) in [5.41, 5.74) is 4.45. The lowest BCUT2D eigenvalue weighted by atomic mass is 10.0. The van der Waals surface area contributed by atoms with E-state index in [2.05, 4.69) is 25.6 Å². The maximum absolute atomic E-state index is 13.8. The first kappa shape index (κ1) is 31.5. The van der Waals surface area contributed by atoms with Gasteiger partial charge in [-0.2, -0.15) is 0 Å². The van der Waals surface area contributed by atoms with Crippen LogP contribution in [0.1, 0.15) is 59.5 Å². The molecule has 12 heteroatoms. The molecule has 2 fully saturated rings. The molecule has 0 aliphatic carbocycles. The lowest BCUT2D eigenvalue weighted by Gasteiger charge is -2.28. The number of carbonyl (C=O) groups excluding carboxylic acids is 4. The number of rotatable bonds is 10. The second-order valence-corrected chi connectivity index (χ2v) is 11.7. The number of aromatic amines is 1. The Morgan fingerprint density at radius 2 is 1.72 bits per heavy atom. The Morgan fingerprint density at radius 1 is 0.957 bits per heavy atom. The Hall–Kier alpha value is -5.52. The van der Waals surface area contributed by atoms with Gasteiger partial charge in [-0.3, -0.25) is 19.4 Å². The molecule has 242 valence electrons. The first-order chi connectivity index (χ1) is 22.9. The Morgan fingerprint density at radius 3 is 2.45 bits per heavy atom. The van der Waals surface area contributed by atoms with Crippen molar-refractivity contribution in [2.24, 2.45) is 0 Å². The van der Waals surface area contributed by atoms with Gasteiger partial charge in [0.05, 0.1) is 30.7 Å². The molecule has 3 N–H and O–H groups in total. The highest BCUT2D eigenvalue weighted by Gasteiger charge is 2.37. The van der Waals surface area contributed by atoms with E-state index in [-0.39, 0.29) is 23.9 Å². The molecule has 3 atom stereocenters. The molecular formula is C35H37N7O5. The zero-order chi connectivity index (χ0) is 32.8. The summed E-state index contributed by atoms with van der Waals surface area (Å²) >= 11 is 0. The van der Waals surface area contributed by atoms with Gasteiger partial charge in [0.2, 0.25) is 6.41 Å². The number of benzene rings is 2. The van der Waals surface area contributed by atoms with Gasteiger partial charge in [0.15, 0.2) is 0 Å². The number of likely N-dealkylation sites (tertiary alicyclic amines) is 2. The predicted molar refractivity (Wildman–Crippen MR) is 174 cm³/mol. The van der Waals surface area contributed by atoms with E-state index in [0.717, 1.165) is 55.5 Å². The molecule has 2 aliphatic heterocycles. The number of aromatic nitrogens is 3. The van der Waals surface area contributed by atoms with E-state index < -0.39 is 12.1 Å². The smallest absolute Gasteiger partial charge is 0.407 e. The van der Waals surface area contributed by atoms with E-state index in [1.54, 1.807) is 46.5 Å². The molecular weight excluding hydrogens is 598 g/mol. The van der Waals surface area contributed by atoms with Crippen LogP contribution in [0.25, 0.3) is 22.5 Å². The number of nitrogens with zero attached hydrogens (tertiary/aromatic N) is 4. The molecule has 4 aromatic rings. The molecule has 47 heavy (non-hydrogen) atoms. The molecule has 0 spiro atoms. The molecule has 2 aromatic carbocycles.